The lowest BCUT2D eigenvalue weighted by Gasteiger charge is -2.13. The molecular weight excluding hydrogens is 165 g/mol. The third kappa shape index (κ3) is 1.89. The van der Waals surface area contributed by atoms with Crippen LogP contribution in [0.4, 0.5) is 4.39 Å². The van der Waals surface area contributed by atoms with Gasteiger partial charge in [-0.1, -0.05) is 12.1 Å². The molecule has 1 aromatic carbocycles. The lowest BCUT2D eigenvalue weighted by molar-refractivity contribution is -0.840. The van der Waals surface area contributed by atoms with Gasteiger partial charge in [0.15, 0.2) is 0 Å². The molecule has 1 saturated heterocycles. The molecular formula is C11H14FN. The van der Waals surface area contributed by atoms with Crippen LogP contribution in [0.5, 0.6) is 0 Å². The van der Waals surface area contributed by atoms with Gasteiger partial charge in [-0.3, -0.25) is 0 Å². The van der Waals surface area contributed by atoms with Gasteiger partial charge in [0.25, 0.3) is 0 Å². The van der Waals surface area contributed by atoms with Crippen molar-refractivity contribution in [3.05, 3.63) is 42.7 Å². The van der Waals surface area contributed by atoms with Crippen LogP contribution in [-0.2, 0) is 0 Å². The van der Waals surface area contributed by atoms with E-state index >= 15 is 0 Å². The van der Waals surface area contributed by atoms with Crippen molar-refractivity contribution < 1.29 is 9.29 Å². The molecule has 13 heavy (non-hydrogen) atoms. The highest BCUT2D eigenvalue weighted by molar-refractivity contribution is 5.20. The zero-order valence-corrected chi connectivity index (χ0v) is 7.59. The molecule has 0 spiro atoms. The van der Waals surface area contributed by atoms with E-state index in [9.17, 15) is 4.39 Å². The van der Waals surface area contributed by atoms with Crippen LogP contribution in [-0.4, -0.2) is 13.1 Å². The number of halogens is 1. The molecule has 2 unspecified atom stereocenters. The van der Waals surface area contributed by atoms with Crippen molar-refractivity contribution in [2.24, 2.45) is 0 Å². The van der Waals surface area contributed by atoms with Crippen molar-refractivity contribution in [2.45, 2.75) is 12.3 Å². The zero-order chi connectivity index (χ0) is 9.26. The van der Waals surface area contributed by atoms with Crippen LogP contribution in [0.25, 0.3) is 0 Å². The summed E-state index contributed by atoms with van der Waals surface area (Å²) in [7, 11) is 3.97. The van der Waals surface area contributed by atoms with Crippen LogP contribution >= 0.6 is 0 Å². The summed E-state index contributed by atoms with van der Waals surface area (Å²) in [4.78, 5) is 1.33. The fourth-order valence-corrected chi connectivity index (χ4v) is 1.95. The number of benzene rings is 1. The van der Waals surface area contributed by atoms with E-state index in [0.717, 1.165) is 13.1 Å². The quantitative estimate of drug-likeness (QED) is 0.613. The van der Waals surface area contributed by atoms with E-state index in [0.29, 0.717) is 5.92 Å². The monoisotopic (exact) mass is 179 g/mol. The van der Waals surface area contributed by atoms with Gasteiger partial charge in [0.1, 0.15) is 5.82 Å². The SMILES string of the molecule is [CH2-][NH+]1CCC(c2ccc(F)cc2)C1. The smallest absolute Gasteiger partial charge is 0.123 e. The Balaban J connectivity index is 2.13. The molecule has 1 aliphatic heterocycles. The third-order valence-electron chi connectivity index (χ3n) is 2.72. The number of rotatable bonds is 1. The van der Waals surface area contributed by atoms with Gasteiger partial charge in [0.2, 0.25) is 0 Å². The van der Waals surface area contributed by atoms with Crippen LogP contribution in [0, 0.1) is 12.9 Å². The average molecular weight is 179 g/mol. The molecule has 0 amide bonds. The van der Waals surface area contributed by atoms with Crippen LogP contribution < -0.4 is 4.90 Å². The van der Waals surface area contributed by atoms with Crippen LogP contribution in [0.2, 0.25) is 0 Å². The summed E-state index contributed by atoms with van der Waals surface area (Å²) in [5.41, 5.74) is 1.25. The number of nitrogens with one attached hydrogen (secondary N) is 1. The Labute approximate surface area is 78.2 Å². The first kappa shape index (κ1) is 8.70. The summed E-state index contributed by atoms with van der Waals surface area (Å²) in [6, 6.07) is 6.85. The zero-order valence-electron chi connectivity index (χ0n) is 7.59. The molecule has 2 atom stereocenters. The second-order valence-corrected chi connectivity index (χ2v) is 3.74. The molecule has 0 aliphatic carbocycles. The maximum Gasteiger partial charge on any atom is 0.123 e. The number of quaternary nitrogens is 1. The molecule has 0 saturated carbocycles. The van der Waals surface area contributed by atoms with Gasteiger partial charge in [0, 0.05) is 12.3 Å². The number of hydrogen-bond acceptors (Lipinski definition) is 0. The molecule has 1 heterocycles. The molecule has 1 aromatic rings. The molecule has 0 radical (unpaired) electrons. The average Bonchev–Trinajstić information content (AvgIpc) is 2.53. The Kier molecular flexibility index (Phi) is 2.32. The molecule has 2 rings (SSSR count). The minimum atomic E-state index is -0.152. The van der Waals surface area contributed by atoms with E-state index in [1.165, 1.54) is 29.0 Å². The van der Waals surface area contributed by atoms with E-state index in [2.05, 4.69) is 7.05 Å². The second-order valence-electron chi connectivity index (χ2n) is 3.74. The molecule has 2 heteroatoms. The van der Waals surface area contributed by atoms with E-state index in [-0.39, 0.29) is 5.82 Å². The second kappa shape index (κ2) is 3.46. The minimum absolute atomic E-state index is 0.152. The molecule has 0 bridgehead atoms. The van der Waals surface area contributed by atoms with E-state index < -0.39 is 0 Å². The predicted molar refractivity (Wildman–Crippen MR) is 49.8 cm³/mol. The van der Waals surface area contributed by atoms with Gasteiger partial charge in [0.05, 0.1) is 13.1 Å². The molecule has 1 N–H and O–H groups in total. The van der Waals surface area contributed by atoms with Gasteiger partial charge in [-0.2, -0.15) is 7.05 Å². The van der Waals surface area contributed by atoms with Crippen LogP contribution in [0.3, 0.4) is 0 Å². The topological polar surface area (TPSA) is 4.44 Å². The van der Waals surface area contributed by atoms with E-state index in [1.54, 1.807) is 0 Å². The third-order valence-corrected chi connectivity index (χ3v) is 2.72. The highest BCUT2D eigenvalue weighted by Gasteiger charge is 2.21. The van der Waals surface area contributed by atoms with Crippen molar-refractivity contribution in [1.29, 1.82) is 0 Å². The maximum absolute atomic E-state index is 12.6. The van der Waals surface area contributed by atoms with Crippen molar-refractivity contribution in [3.8, 4) is 0 Å². The van der Waals surface area contributed by atoms with Gasteiger partial charge in [-0.05, 0) is 17.7 Å². The van der Waals surface area contributed by atoms with Crippen molar-refractivity contribution >= 4 is 0 Å². The van der Waals surface area contributed by atoms with Gasteiger partial charge < -0.3 is 4.90 Å². The summed E-state index contributed by atoms with van der Waals surface area (Å²) in [6.45, 7) is 2.20. The maximum atomic E-state index is 12.6. The molecule has 1 nitrogen and oxygen atoms in total. The lowest BCUT2D eigenvalue weighted by Crippen LogP contribution is -3.04. The van der Waals surface area contributed by atoms with Crippen LogP contribution in [0.1, 0.15) is 17.9 Å². The fourth-order valence-electron chi connectivity index (χ4n) is 1.95. The predicted octanol–water partition coefficient (Wildman–Crippen LogP) is 0.989. The largest absolute Gasteiger partial charge is 0.467 e. The Hall–Kier alpha value is -0.890. The molecule has 0 aromatic heterocycles. The Morgan fingerprint density at radius 3 is 2.54 bits per heavy atom. The summed E-state index contributed by atoms with van der Waals surface area (Å²) in [5.74, 6) is 0.425. The first-order valence-corrected chi connectivity index (χ1v) is 4.68. The van der Waals surface area contributed by atoms with E-state index in [1.807, 2.05) is 12.1 Å². The molecule has 1 fully saturated rings. The Bertz CT molecular complexity index is 281. The highest BCUT2D eigenvalue weighted by atomic mass is 19.1. The summed E-state index contributed by atoms with van der Waals surface area (Å²) >= 11 is 0. The highest BCUT2D eigenvalue weighted by Crippen LogP contribution is 2.20. The number of likely N-dealkylation sites (tertiary alicyclic amines) is 1. The first-order chi connectivity index (χ1) is 6.25. The normalized spacial score (nSPS) is 27.8. The fraction of sp³-hybridized carbons (Fsp3) is 0.364. The molecule has 1 aliphatic rings. The van der Waals surface area contributed by atoms with Crippen molar-refractivity contribution in [1.82, 2.24) is 0 Å². The number of hydrogen-bond donors (Lipinski definition) is 1. The lowest BCUT2D eigenvalue weighted by atomic mass is 9.99. The van der Waals surface area contributed by atoms with E-state index in [4.69, 9.17) is 0 Å². The summed E-state index contributed by atoms with van der Waals surface area (Å²) in [5, 5.41) is 0. The Morgan fingerprint density at radius 2 is 2.00 bits per heavy atom. The summed E-state index contributed by atoms with van der Waals surface area (Å²) < 4.78 is 12.6. The minimum Gasteiger partial charge on any atom is -0.467 e. The Morgan fingerprint density at radius 1 is 1.31 bits per heavy atom. The van der Waals surface area contributed by atoms with Gasteiger partial charge >= 0.3 is 0 Å². The van der Waals surface area contributed by atoms with Crippen LogP contribution in [0.15, 0.2) is 24.3 Å². The van der Waals surface area contributed by atoms with Crippen molar-refractivity contribution in [2.75, 3.05) is 13.1 Å². The van der Waals surface area contributed by atoms with Gasteiger partial charge in [-0.25, -0.2) is 4.39 Å². The molecule has 70 valence electrons. The van der Waals surface area contributed by atoms with Crippen molar-refractivity contribution in [3.63, 3.8) is 0 Å². The standard InChI is InChI=1S/C11H14FN/c1-13-7-6-10(8-13)9-2-4-11(12)5-3-9/h2-5,10,13H,1,6-8H2. The van der Waals surface area contributed by atoms with Gasteiger partial charge in [-0.15, -0.1) is 0 Å². The summed E-state index contributed by atoms with van der Waals surface area (Å²) in [6.07, 6.45) is 1.17. The first-order valence-electron chi connectivity index (χ1n) is 4.68.